The lowest BCUT2D eigenvalue weighted by atomic mass is 9.95. The van der Waals surface area contributed by atoms with Gasteiger partial charge in [0.25, 0.3) is 0 Å². The summed E-state index contributed by atoms with van der Waals surface area (Å²) in [5.41, 5.74) is 5.07. The highest BCUT2D eigenvalue weighted by Crippen LogP contribution is 2.35. The minimum atomic E-state index is -0.345. The molecule has 0 atom stereocenters. The zero-order valence-corrected chi connectivity index (χ0v) is 19.9. The number of halogens is 4. The van der Waals surface area contributed by atoms with Crippen molar-refractivity contribution in [2.24, 2.45) is 0 Å². The van der Waals surface area contributed by atoms with Crippen LogP contribution in [-0.2, 0) is 0 Å². The summed E-state index contributed by atoms with van der Waals surface area (Å²) >= 11 is 8.09. The molecule has 0 saturated heterocycles. The molecule has 0 aliphatic carbocycles. The van der Waals surface area contributed by atoms with Crippen LogP contribution in [0.4, 0.5) is 8.78 Å². The number of fused-ring (bicyclic) bond motifs is 1. The number of nitrogens with one attached hydrogen (secondary N) is 1. The van der Waals surface area contributed by atoms with E-state index in [-0.39, 0.29) is 17.1 Å². The lowest BCUT2D eigenvalue weighted by Gasteiger charge is -2.14. The molecule has 0 radical (unpaired) electrons. The first-order valence-corrected chi connectivity index (χ1v) is 11.5. The quantitative estimate of drug-likeness (QED) is 0.219. The van der Waals surface area contributed by atoms with Gasteiger partial charge in [-0.15, -0.1) is 0 Å². The van der Waals surface area contributed by atoms with E-state index >= 15 is 0 Å². The van der Waals surface area contributed by atoms with Gasteiger partial charge in [-0.05, 0) is 93.4 Å². The summed E-state index contributed by atoms with van der Waals surface area (Å²) in [6.45, 7) is 0. The molecule has 5 rings (SSSR count). The molecule has 0 aliphatic heterocycles. The van der Waals surface area contributed by atoms with Gasteiger partial charge in [-0.25, -0.2) is 8.78 Å². The van der Waals surface area contributed by atoms with E-state index in [1.807, 2.05) is 24.3 Å². The number of hydrogen-bond acceptors (Lipinski definition) is 1. The maximum Gasteiger partial charge on any atom is 0.203 e. The van der Waals surface area contributed by atoms with Crippen LogP contribution in [0.3, 0.4) is 0 Å². The largest absolute Gasteiger partial charge is 0.353 e. The van der Waals surface area contributed by atoms with Gasteiger partial charge in [-0.1, -0.05) is 48.0 Å². The predicted octanol–water partition coefficient (Wildman–Crippen LogP) is 8.07. The van der Waals surface area contributed by atoms with Crippen molar-refractivity contribution < 1.29 is 8.78 Å². The van der Waals surface area contributed by atoms with Gasteiger partial charge < -0.3 is 4.98 Å². The molecule has 0 unspecified atom stereocenters. The fraction of sp³-hybridized carbons (Fsp3) is 0. The lowest BCUT2D eigenvalue weighted by Crippen LogP contribution is -2.10. The molecule has 4 aromatic carbocycles. The molecule has 0 fully saturated rings. The summed E-state index contributed by atoms with van der Waals surface area (Å²) in [7, 11) is 0. The molecule has 5 aromatic rings. The van der Waals surface area contributed by atoms with Crippen LogP contribution in [0.25, 0.3) is 44.4 Å². The van der Waals surface area contributed by atoms with Crippen molar-refractivity contribution in [3.63, 3.8) is 0 Å². The molecular formula is C27H15ClF2INO. The zero-order chi connectivity index (χ0) is 23.1. The number of pyridine rings is 1. The molecular weight excluding hydrogens is 555 g/mol. The maximum atomic E-state index is 13.6. The first-order chi connectivity index (χ1) is 15.9. The van der Waals surface area contributed by atoms with Gasteiger partial charge in [-0.2, -0.15) is 0 Å². The van der Waals surface area contributed by atoms with Crippen LogP contribution in [-0.4, -0.2) is 4.98 Å². The Morgan fingerprint density at radius 3 is 1.85 bits per heavy atom. The molecule has 33 heavy (non-hydrogen) atoms. The maximum absolute atomic E-state index is 13.6. The number of benzene rings is 4. The number of hydrogen-bond donors (Lipinski definition) is 1. The van der Waals surface area contributed by atoms with E-state index in [0.29, 0.717) is 25.2 Å². The second-order valence-corrected chi connectivity index (χ2v) is 9.13. The van der Waals surface area contributed by atoms with E-state index in [1.54, 1.807) is 36.4 Å². The van der Waals surface area contributed by atoms with Crippen LogP contribution >= 0.6 is 34.2 Å². The molecule has 0 bridgehead atoms. The van der Waals surface area contributed by atoms with Crippen LogP contribution in [0.2, 0.25) is 5.02 Å². The van der Waals surface area contributed by atoms with E-state index in [4.69, 9.17) is 11.6 Å². The average molecular weight is 570 g/mol. The Balaban J connectivity index is 1.84. The van der Waals surface area contributed by atoms with Gasteiger partial charge in [0.15, 0.2) is 0 Å². The third-order valence-corrected chi connectivity index (χ3v) is 6.80. The Morgan fingerprint density at radius 2 is 1.24 bits per heavy atom. The van der Waals surface area contributed by atoms with Crippen LogP contribution in [0.5, 0.6) is 0 Å². The summed E-state index contributed by atoms with van der Waals surface area (Å²) in [6, 6.07) is 23.2. The van der Waals surface area contributed by atoms with Crippen molar-refractivity contribution in [1.29, 1.82) is 0 Å². The molecule has 1 N–H and O–H groups in total. The fourth-order valence-electron chi connectivity index (χ4n) is 3.85. The number of aromatic amines is 1. The van der Waals surface area contributed by atoms with Crippen molar-refractivity contribution in [2.45, 2.75) is 0 Å². The molecule has 0 saturated carbocycles. The highest BCUT2D eigenvalue weighted by atomic mass is 127. The molecule has 2 nitrogen and oxygen atoms in total. The SMILES string of the molecule is O=c1c(I)c(-c2ccc(Cl)cc2)[nH]c2c(-c3ccc(F)cc3)cc(-c3ccc(F)cc3)cc12. The zero-order valence-electron chi connectivity index (χ0n) is 17.0. The third-order valence-electron chi connectivity index (χ3n) is 5.52. The van der Waals surface area contributed by atoms with Gasteiger partial charge in [0.1, 0.15) is 11.6 Å². The smallest absolute Gasteiger partial charge is 0.203 e. The molecule has 0 amide bonds. The van der Waals surface area contributed by atoms with Gasteiger partial charge in [0, 0.05) is 16.0 Å². The van der Waals surface area contributed by atoms with E-state index in [0.717, 1.165) is 27.8 Å². The summed E-state index contributed by atoms with van der Waals surface area (Å²) in [5.74, 6) is -0.680. The summed E-state index contributed by atoms with van der Waals surface area (Å²) < 4.78 is 27.7. The first-order valence-electron chi connectivity index (χ1n) is 10.1. The number of aromatic nitrogens is 1. The molecule has 1 heterocycles. The number of H-pyrrole nitrogens is 1. The van der Waals surface area contributed by atoms with Crippen molar-refractivity contribution >= 4 is 45.1 Å². The second-order valence-electron chi connectivity index (χ2n) is 7.61. The van der Waals surface area contributed by atoms with Gasteiger partial charge >= 0.3 is 0 Å². The van der Waals surface area contributed by atoms with E-state index in [2.05, 4.69) is 27.6 Å². The Kier molecular flexibility index (Phi) is 5.76. The van der Waals surface area contributed by atoms with Crippen molar-refractivity contribution in [3.8, 4) is 33.5 Å². The van der Waals surface area contributed by atoms with Gasteiger partial charge in [0.05, 0.1) is 14.8 Å². The van der Waals surface area contributed by atoms with E-state index in [9.17, 15) is 13.6 Å². The molecule has 0 aliphatic rings. The molecule has 1 aromatic heterocycles. The molecule has 0 spiro atoms. The molecule has 6 heteroatoms. The summed E-state index contributed by atoms with van der Waals surface area (Å²) in [5, 5.41) is 1.10. The molecule has 162 valence electrons. The summed E-state index contributed by atoms with van der Waals surface area (Å²) in [4.78, 5) is 16.9. The Morgan fingerprint density at radius 1 is 0.697 bits per heavy atom. The van der Waals surface area contributed by atoms with E-state index in [1.165, 1.54) is 24.3 Å². The van der Waals surface area contributed by atoms with Crippen molar-refractivity contribution in [1.82, 2.24) is 4.98 Å². The van der Waals surface area contributed by atoms with Crippen LogP contribution < -0.4 is 5.43 Å². The van der Waals surface area contributed by atoms with E-state index < -0.39 is 0 Å². The van der Waals surface area contributed by atoms with Crippen LogP contribution in [0.15, 0.2) is 89.7 Å². The monoisotopic (exact) mass is 569 g/mol. The highest BCUT2D eigenvalue weighted by Gasteiger charge is 2.17. The lowest BCUT2D eigenvalue weighted by molar-refractivity contribution is 0.627. The normalized spacial score (nSPS) is 11.2. The van der Waals surface area contributed by atoms with Crippen molar-refractivity contribution in [2.75, 3.05) is 0 Å². The number of rotatable bonds is 3. The minimum absolute atomic E-state index is 0.123. The van der Waals surface area contributed by atoms with Crippen LogP contribution in [0.1, 0.15) is 0 Å². The Hall–Kier alpha value is -3.03. The average Bonchev–Trinajstić information content (AvgIpc) is 2.82. The second kappa shape index (κ2) is 8.72. The highest BCUT2D eigenvalue weighted by molar-refractivity contribution is 14.1. The Bertz CT molecular complexity index is 1540. The Labute approximate surface area is 207 Å². The first kappa shape index (κ1) is 21.8. The van der Waals surface area contributed by atoms with Gasteiger partial charge in [-0.3, -0.25) is 4.79 Å². The van der Waals surface area contributed by atoms with Crippen LogP contribution in [0, 0.1) is 15.2 Å². The fourth-order valence-corrected chi connectivity index (χ4v) is 4.71. The van der Waals surface area contributed by atoms with Gasteiger partial charge in [0.2, 0.25) is 5.43 Å². The standard InChI is InChI=1S/C27H15ClF2INO/c28-19-7-1-17(2-8-19)25-24(31)27(33)23-14-18(15-3-9-20(29)10-4-15)13-22(26(23)32-25)16-5-11-21(30)12-6-16/h1-14H,(H,32,33). The van der Waals surface area contributed by atoms with Crippen molar-refractivity contribution in [3.05, 3.63) is 115 Å². The third kappa shape index (κ3) is 4.18. The topological polar surface area (TPSA) is 32.9 Å². The summed E-state index contributed by atoms with van der Waals surface area (Å²) in [6.07, 6.45) is 0. The minimum Gasteiger partial charge on any atom is -0.353 e. The predicted molar refractivity (Wildman–Crippen MR) is 139 cm³/mol.